The Labute approximate surface area is 201 Å². The predicted octanol–water partition coefficient (Wildman–Crippen LogP) is 5.21. The first kappa shape index (κ1) is 21.9. The number of aromatic nitrogens is 3. The molecule has 0 aliphatic carbocycles. The predicted molar refractivity (Wildman–Crippen MR) is 129 cm³/mol. The van der Waals surface area contributed by atoms with Crippen molar-refractivity contribution in [2.75, 3.05) is 19.8 Å². The first-order valence-electron chi connectivity index (χ1n) is 10.8. The molecule has 33 heavy (non-hydrogen) atoms. The summed E-state index contributed by atoms with van der Waals surface area (Å²) in [6.07, 6.45) is 6.71. The van der Waals surface area contributed by atoms with E-state index in [1.807, 2.05) is 36.4 Å². The van der Waals surface area contributed by atoms with Crippen molar-refractivity contribution >= 4 is 40.0 Å². The van der Waals surface area contributed by atoms with E-state index < -0.39 is 0 Å². The summed E-state index contributed by atoms with van der Waals surface area (Å²) in [5.41, 5.74) is 2.19. The van der Waals surface area contributed by atoms with Gasteiger partial charge in [0.25, 0.3) is 5.91 Å². The quantitative estimate of drug-likeness (QED) is 0.425. The molecule has 2 aromatic heterocycles. The molecule has 8 heteroatoms. The van der Waals surface area contributed by atoms with Gasteiger partial charge in [-0.3, -0.25) is 9.36 Å². The molecular weight excluding hydrogens is 459 g/mol. The van der Waals surface area contributed by atoms with Crippen molar-refractivity contribution in [3.05, 3.63) is 88.3 Å². The summed E-state index contributed by atoms with van der Waals surface area (Å²) in [4.78, 5) is 22.1. The summed E-state index contributed by atoms with van der Waals surface area (Å²) in [6.45, 7) is 1.78. The Hall–Kier alpha value is -2.93. The molecule has 1 fully saturated rings. The highest BCUT2D eigenvalue weighted by Gasteiger charge is 2.35. The van der Waals surface area contributed by atoms with Gasteiger partial charge in [-0.2, -0.15) is 0 Å². The highest BCUT2D eigenvalue weighted by Crippen LogP contribution is 2.35. The molecule has 0 unspecified atom stereocenters. The molecule has 6 nitrogen and oxygen atoms in total. The summed E-state index contributed by atoms with van der Waals surface area (Å²) < 4.78 is 7.40. The Balaban J connectivity index is 1.48. The molecule has 1 aliphatic rings. The van der Waals surface area contributed by atoms with Gasteiger partial charge in [-0.25, -0.2) is 9.97 Å². The summed E-state index contributed by atoms with van der Waals surface area (Å²) in [5, 5.41) is 5.04. The van der Waals surface area contributed by atoms with Crippen LogP contribution < -0.4 is 5.32 Å². The van der Waals surface area contributed by atoms with Gasteiger partial charge in [-0.05, 0) is 48.7 Å². The molecule has 0 saturated carbocycles. The second kappa shape index (κ2) is 9.14. The Morgan fingerprint density at radius 1 is 1.03 bits per heavy atom. The lowest BCUT2D eigenvalue weighted by molar-refractivity contribution is 0.0487. The molecule has 0 bridgehead atoms. The van der Waals surface area contributed by atoms with E-state index in [-0.39, 0.29) is 11.3 Å². The lowest BCUT2D eigenvalue weighted by atomic mass is 9.74. The maximum absolute atomic E-state index is 13.4. The lowest BCUT2D eigenvalue weighted by Gasteiger charge is -2.38. The van der Waals surface area contributed by atoms with Crippen molar-refractivity contribution in [1.29, 1.82) is 0 Å². The Kier molecular flexibility index (Phi) is 6.06. The molecule has 168 valence electrons. The van der Waals surface area contributed by atoms with E-state index in [9.17, 15) is 4.79 Å². The van der Waals surface area contributed by atoms with Crippen LogP contribution in [-0.2, 0) is 10.2 Å². The van der Waals surface area contributed by atoms with Crippen molar-refractivity contribution in [1.82, 2.24) is 19.9 Å². The van der Waals surface area contributed by atoms with Crippen LogP contribution in [0.5, 0.6) is 0 Å². The van der Waals surface area contributed by atoms with Crippen LogP contribution in [0.25, 0.3) is 16.9 Å². The highest BCUT2D eigenvalue weighted by molar-refractivity contribution is 6.37. The number of carbonyl (C=O) groups excluding carboxylic acids is 1. The molecule has 0 spiro atoms. The first-order valence-corrected chi connectivity index (χ1v) is 11.5. The topological polar surface area (TPSA) is 69.0 Å². The average molecular weight is 481 g/mol. The van der Waals surface area contributed by atoms with Crippen LogP contribution in [0.15, 0.2) is 67.1 Å². The van der Waals surface area contributed by atoms with Crippen LogP contribution in [0.4, 0.5) is 0 Å². The van der Waals surface area contributed by atoms with Crippen molar-refractivity contribution < 1.29 is 9.53 Å². The molecule has 1 saturated heterocycles. The van der Waals surface area contributed by atoms with Gasteiger partial charge in [0.05, 0.1) is 16.1 Å². The summed E-state index contributed by atoms with van der Waals surface area (Å²) >= 11 is 12.6. The zero-order valence-electron chi connectivity index (χ0n) is 17.8. The number of benzene rings is 2. The molecule has 0 atom stereocenters. The van der Waals surface area contributed by atoms with E-state index in [4.69, 9.17) is 27.9 Å². The smallest absolute Gasteiger partial charge is 0.253 e. The van der Waals surface area contributed by atoms with Crippen molar-refractivity contribution in [3.8, 4) is 5.95 Å². The molecule has 1 aliphatic heterocycles. The monoisotopic (exact) mass is 480 g/mol. The maximum Gasteiger partial charge on any atom is 0.253 e. The average Bonchev–Trinajstić information content (AvgIpc) is 3.25. The van der Waals surface area contributed by atoms with E-state index in [0.29, 0.717) is 46.7 Å². The summed E-state index contributed by atoms with van der Waals surface area (Å²) in [7, 11) is 0. The minimum absolute atomic E-state index is 0.192. The van der Waals surface area contributed by atoms with Gasteiger partial charge in [0, 0.05) is 54.2 Å². The number of halogens is 2. The largest absolute Gasteiger partial charge is 0.381 e. The third-order valence-corrected chi connectivity index (χ3v) is 6.85. The minimum Gasteiger partial charge on any atom is -0.381 e. The number of amides is 1. The normalized spacial score (nSPS) is 15.5. The Morgan fingerprint density at radius 3 is 2.48 bits per heavy atom. The van der Waals surface area contributed by atoms with E-state index in [1.54, 1.807) is 35.3 Å². The zero-order valence-corrected chi connectivity index (χ0v) is 19.3. The van der Waals surface area contributed by atoms with Crippen LogP contribution in [0.1, 0.15) is 28.8 Å². The number of ether oxygens (including phenoxy) is 1. The SMILES string of the molecule is O=C(NCC1(c2ccc(Cl)cc2)CCOCC1)c1cn(-c2ncccn2)c2cccc(Cl)c12. The molecule has 5 rings (SSSR count). The molecule has 1 N–H and O–H groups in total. The number of hydrogen-bond acceptors (Lipinski definition) is 4. The molecule has 2 aromatic carbocycles. The molecule has 4 aromatic rings. The van der Waals surface area contributed by atoms with Gasteiger partial charge in [-0.1, -0.05) is 41.4 Å². The second-order valence-electron chi connectivity index (χ2n) is 8.18. The van der Waals surface area contributed by atoms with Gasteiger partial charge in [0.15, 0.2) is 0 Å². The number of rotatable bonds is 5. The first-order chi connectivity index (χ1) is 16.1. The van der Waals surface area contributed by atoms with Crippen LogP contribution in [0.2, 0.25) is 10.0 Å². The Morgan fingerprint density at radius 2 is 1.76 bits per heavy atom. The van der Waals surface area contributed by atoms with E-state index in [0.717, 1.165) is 23.9 Å². The Bertz CT molecular complexity index is 1280. The molecule has 0 radical (unpaired) electrons. The number of nitrogens with one attached hydrogen (secondary N) is 1. The molecule has 1 amide bonds. The van der Waals surface area contributed by atoms with Gasteiger partial charge < -0.3 is 10.1 Å². The second-order valence-corrected chi connectivity index (χ2v) is 9.02. The van der Waals surface area contributed by atoms with E-state index in [2.05, 4.69) is 15.3 Å². The molecule has 3 heterocycles. The van der Waals surface area contributed by atoms with Gasteiger partial charge in [-0.15, -0.1) is 0 Å². The summed E-state index contributed by atoms with van der Waals surface area (Å²) in [6, 6.07) is 15.1. The number of hydrogen-bond donors (Lipinski definition) is 1. The fraction of sp³-hybridized carbons (Fsp3) is 0.240. The van der Waals surface area contributed by atoms with Crippen LogP contribution in [0.3, 0.4) is 0 Å². The van der Waals surface area contributed by atoms with Crippen LogP contribution in [-0.4, -0.2) is 40.2 Å². The number of carbonyl (C=O) groups is 1. The zero-order chi connectivity index (χ0) is 22.8. The third-order valence-electron chi connectivity index (χ3n) is 6.28. The number of nitrogens with zero attached hydrogens (tertiary/aromatic N) is 3. The standard InChI is InChI=1S/C25H22Cl2N4O2/c26-18-7-5-17(6-8-18)25(9-13-33-14-10-25)16-30-23(32)19-15-31(24-28-11-2-12-29-24)21-4-1-3-20(27)22(19)21/h1-8,11-12,15H,9-10,13-14,16H2,(H,30,32). The van der Waals surface area contributed by atoms with Gasteiger partial charge in [0.2, 0.25) is 5.95 Å². The third kappa shape index (κ3) is 4.22. The highest BCUT2D eigenvalue weighted by atomic mass is 35.5. The summed E-state index contributed by atoms with van der Waals surface area (Å²) in [5.74, 6) is 0.286. The van der Waals surface area contributed by atoms with Gasteiger partial charge >= 0.3 is 0 Å². The fourth-order valence-electron chi connectivity index (χ4n) is 4.47. The van der Waals surface area contributed by atoms with E-state index >= 15 is 0 Å². The van der Waals surface area contributed by atoms with Gasteiger partial charge in [0.1, 0.15) is 0 Å². The maximum atomic E-state index is 13.4. The number of fused-ring (bicyclic) bond motifs is 1. The molecular formula is C25H22Cl2N4O2. The van der Waals surface area contributed by atoms with Crippen LogP contribution in [0, 0.1) is 0 Å². The minimum atomic E-state index is -0.219. The van der Waals surface area contributed by atoms with Crippen molar-refractivity contribution in [2.45, 2.75) is 18.3 Å². The fourth-order valence-corrected chi connectivity index (χ4v) is 4.87. The van der Waals surface area contributed by atoms with Crippen molar-refractivity contribution in [2.24, 2.45) is 0 Å². The van der Waals surface area contributed by atoms with Crippen molar-refractivity contribution in [3.63, 3.8) is 0 Å². The lowest BCUT2D eigenvalue weighted by Crippen LogP contribution is -2.44. The van der Waals surface area contributed by atoms with Crippen LogP contribution >= 0.6 is 23.2 Å². The van der Waals surface area contributed by atoms with E-state index in [1.165, 1.54) is 0 Å².